The smallest absolute Gasteiger partial charge is 0.169 e. The average molecular weight is 294 g/mol. The van der Waals surface area contributed by atoms with E-state index in [-0.39, 0.29) is 11.9 Å². The highest BCUT2D eigenvalue weighted by Crippen LogP contribution is 2.32. The first-order valence-electron chi connectivity index (χ1n) is 7.90. The van der Waals surface area contributed by atoms with E-state index in [0.29, 0.717) is 11.7 Å². The fourth-order valence-electron chi connectivity index (χ4n) is 2.96. The number of nitrogens with zero attached hydrogens (tertiary/aromatic N) is 1. The quantitative estimate of drug-likeness (QED) is 0.872. The van der Waals surface area contributed by atoms with E-state index in [9.17, 15) is 4.39 Å². The van der Waals surface area contributed by atoms with Crippen molar-refractivity contribution < 1.29 is 9.13 Å². The highest BCUT2D eigenvalue weighted by molar-refractivity contribution is 5.33. The van der Waals surface area contributed by atoms with Gasteiger partial charge in [0.2, 0.25) is 0 Å². The number of hydrogen-bond donors (Lipinski definition) is 1. The van der Waals surface area contributed by atoms with Crippen LogP contribution in [-0.2, 0) is 0 Å². The Morgan fingerprint density at radius 2 is 1.95 bits per heavy atom. The third kappa shape index (κ3) is 4.17. The first kappa shape index (κ1) is 16.2. The monoisotopic (exact) mass is 294 g/mol. The van der Waals surface area contributed by atoms with Gasteiger partial charge in [-0.1, -0.05) is 26.0 Å². The maximum atomic E-state index is 14.6. The van der Waals surface area contributed by atoms with Gasteiger partial charge in [-0.2, -0.15) is 0 Å². The maximum Gasteiger partial charge on any atom is 0.169 e. The molecular weight excluding hydrogens is 267 g/mol. The van der Waals surface area contributed by atoms with Crippen molar-refractivity contribution in [2.45, 2.75) is 32.7 Å². The Morgan fingerprint density at radius 1 is 1.24 bits per heavy atom. The zero-order valence-electron chi connectivity index (χ0n) is 13.4. The summed E-state index contributed by atoms with van der Waals surface area (Å²) in [5.41, 5.74) is 0.775. The number of ether oxygens (including phenoxy) is 1. The number of hydrogen-bond acceptors (Lipinski definition) is 3. The van der Waals surface area contributed by atoms with Crippen molar-refractivity contribution in [3.8, 4) is 5.75 Å². The predicted molar refractivity (Wildman–Crippen MR) is 84.2 cm³/mol. The van der Waals surface area contributed by atoms with Crippen molar-refractivity contribution in [3.05, 3.63) is 29.6 Å². The number of piperazine rings is 1. The summed E-state index contributed by atoms with van der Waals surface area (Å²) in [5, 5.41) is 3.36. The zero-order chi connectivity index (χ0) is 15.2. The van der Waals surface area contributed by atoms with E-state index < -0.39 is 0 Å². The minimum absolute atomic E-state index is 0.143. The van der Waals surface area contributed by atoms with Gasteiger partial charge in [0.25, 0.3) is 0 Å². The molecule has 0 spiro atoms. The standard InChI is InChI=1S/C17H27FN2O/c1-13(2)7-8-15(20-11-9-19-10-12-20)14-5-4-6-16(21-3)17(14)18/h4-6,13,15,19H,7-12H2,1-3H3/t15-/m1/s1. The lowest BCUT2D eigenvalue weighted by molar-refractivity contribution is 0.156. The molecule has 4 heteroatoms. The van der Waals surface area contributed by atoms with E-state index in [1.165, 1.54) is 7.11 Å². The fraction of sp³-hybridized carbons (Fsp3) is 0.647. The van der Waals surface area contributed by atoms with Gasteiger partial charge in [-0.05, 0) is 24.8 Å². The summed E-state index contributed by atoms with van der Waals surface area (Å²) in [5.74, 6) is 0.772. The van der Waals surface area contributed by atoms with Crippen LogP contribution < -0.4 is 10.1 Å². The highest BCUT2D eigenvalue weighted by Gasteiger charge is 2.25. The molecule has 0 saturated carbocycles. The Labute approximate surface area is 127 Å². The molecule has 1 aliphatic heterocycles. The molecule has 0 aromatic heterocycles. The summed E-state index contributed by atoms with van der Waals surface area (Å²) in [6.45, 7) is 8.33. The molecule has 1 aliphatic rings. The van der Waals surface area contributed by atoms with Gasteiger partial charge < -0.3 is 10.1 Å². The van der Waals surface area contributed by atoms with Crippen molar-refractivity contribution in [2.75, 3.05) is 33.3 Å². The summed E-state index contributed by atoms with van der Waals surface area (Å²) in [6, 6.07) is 5.63. The van der Waals surface area contributed by atoms with Crippen LogP contribution in [0.25, 0.3) is 0 Å². The molecule has 0 bridgehead atoms. The molecule has 1 N–H and O–H groups in total. The molecule has 1 heterocycles. The van der Waals surface area contributed by atoms with Gasteiger partial charge in [0.1, 0.15) is 0 Å². The van der Waals surface area contributed by atoms with Crippen LogP contribution in [-0.4, -0.2) is 38.2 Å². The number of methoxy groups -OCH3 is 1. The normalized spacial score (nSPS) is 18.0. The van der Waals surface area contributed by atoms with E-state index in [1.54, 1.807) is 6.07 Å². The topological polar surface area (TPSA) is 24.5 Å². The molecule has 1 saturated heterocycles. The van der Waals surface area contributed by atoms with Gasteiger partial charge in [-0.3, -0.25) is 4.90 Å². The minimum Gasteiger partial charge on any atom is -0.494 e. The molecule has 0 aliphatic carbocycles. The van der Waals surface area contributed by atoms with Crippen molar-refractivity contribution in [1.29, 1.82) is 0 Å². The minimum atomic E-state index is -0.202. The lowest BCUT2D eigenvalue weighted by Gasteiger charge is -2.36. The molecule has 2 rings (SSSR count). The first-order chi connectivity index (χ1) is 10.1. The van der Waals surface area contributed by atoms with Gasteiger partial charge in [0.05, 0.1) is 7.11 Å². The van der Waals surface area contributed by atoms with Gasteiger partial charge in [-0.25, -0.2) is 4.39 Å². The van der Waals surface area contributed by atoms with E-state index in [2.05, 4.69) is 24.1 Å². The Bertz CT molecular complexity index is 444. The molecule has 0 unspecified atom stereocenters. The molecule has 0 amide bonds. The van der Waals surface area contributed by atoms with Crippen LogP contribution in [0.3, 0.4) is 0 Å². The summed E-state index contributed by atoms with van der Waals surface area (Å²) < 4.78 is 19.8. The SMILES string of the molecule is COc1cccc([C@@H](CCC(C)C)N2CCNCC2)c1F. The molecule has 1 fully saturated rings. The third-order valence-electron chi connectivity index (χ3n) is 4.18. The van der Waals surface area contributed by atoms with Gasteiger partial charge >= 0.3 is 0 Å². The lowest BCUT2D eigenvalue weighted by Crippen LogP contribution is -2.45. The van der Waals surface area contributed by atoms with Crippen LogP contribution in [0.1, 0.15) is 38.3 Å². The van der Waals surface area contributed by atoms with Crippen LogP contribution in [0, 0.1) is 11.7 Å². The Morgan fingerprint density at radius 3 is 2.57 bits per heavy atom. The van der Waals surface area contributed by atoms with Crippen LogP contribution in [0.4, 0.5) is 4.39 Å². The Kier molecular flexibility index (Phi) is 6.00. The molecular formula is C17H27FN2O. The number of nitrogens with one attached hydrogen (secondary N) is 1. The van der Waals surface area contributed by atoms with E-state index in [1.807, 2.05) is 12.1 Å². The Hall–Kier alpha value is -1.13. The van der Waals surface area contributed by atoms with Gasteiger partial charge in [0, 0.05) is 37.8 Å². The number of benzene rings is 1. The molecule has 0 radical (unpaired) electrons. The van der Waals surface area contributed by atoms with Crippen molar-refractivity contribution in [1.82, 2.24) is 10.2 Å². The zero-order valence-corrected chi connectivity index (χ0v) is 13.4. The molecule has 1 aromatic carbocycles. The van der Waals surface area contributed by atoms with Crippen LogP contribution in [0.2, 0.25) is 0 Å². The fourth-order valence-corrected chi connectivity index (χ4v) is 2.96. The second-order valence-corrected chi connectivity index (χ2v) is 6.14. The van der Waals surface area contributed by atoms with Crippen LogP contribution >= 0.6 is 0 Å². The summed E-state index contributed by atoms with van der Waals surface area (Å²) in [4.78, 5) is 2.40. The van der Waals surface area contributed by atoms with Crippen LogP contribution in [0.5, 0.6) is 5.75 Å². The summed E-state index contributed by atoms with van der Waals surface area (Å²) in [7, 11) is 1.52. The van der Waals surface area contributed by atoms with Crippen molar-refractivity contribution in [2.24, 2.45) is 5.92 Å². The lowest BCUT2D eigenvalue weighted by atomic mass is 9.95. The van der Waals surface area contributed by atoms with E-state index in [4.69, 9.17) is 4.74 Å². The summed E-state index contributed by atoms with van der Waals surface area (Å²) in [6.07, 6.45) is 2.09. The van der Waals surface area contributed by atoms with E-state index >= 15 is 0 Å². The van der Waals surface area contributed by atoms with Gasteiger partial charge in [0.15, 0.2) is 11.6 Å². The number of rotatable bonds is 6. The molecule has 21 heavy (non-hydrogen) atoms. The van der Waals surface area contributed by atoms with Crippen LogP contribution in [0.15, 0.2) is 18.2 Å². The average Bonchev–Trinajstić information content (AvgIpc) is 2.50. The molecule has 1 atom stereocenters. The second kappa shape index (κ2) is 7.76. The highest BCUT2D eigenvalue weighted by atomic mass is 19.1. The summed E-state index contributed by atoms with van der Waals surface area (Å²) >= 11 is 0. The second-order valence-electron chi connectivity index (χ2n) is 6.14. The third-order valence-corrected chi connectivity index (χ3v) is 4.18. The first-order valence-corrected chi connectivity index (χ1v) is 7.90. The maximum absolute atomic E-state index is 14.6. The molecule has 3 nitrogen and oxygen atoms in total. The predicted octanol–water partition coefficient (Wildman–Crippen LogP) is 3.22. The largest absolute Gasteiger partial charge is 0.494 e. The molecule has 1 aromatic rings. The Balaban J connectivity index is 2.24. The van der Waals surface area contributed by atoms with Gasteiger partial charge in [-0.15, -0.1) is 0 Å². The van der Waals surface area contributed by atoms with Crippen molar-refractivity contribution >= 4 is 0 Å². The molecule has 118 valence electrons. The van der Waals surface area contributed by atoms with E-state index in [0.717, 1.165) is 44.6 Å². The van der Waals surface area contributed by atoms with Crippen molar-refractivity contribution in [3.63, 3.8) is 0 Å². The number of halogens is 1.